The number of sulfone groups is 1. The first-order chi connectivity index (χ1) is 12.5. The van der Waals surface area contributed by atoms with Gasteiger partial charge in [-0.05, 0) is 31.4 Å². The highest BCUT2D eigenvalue weighted by molar-refractivity contribution is 7.91. The SMILES string of the molecule is CCCCCCCCCCC(CCS(=O)(=O)c1ccccc1)OC(C)=O. The van der Waals surface area contributed by atoms with Crippen LogP contribution in [0.25, 0.3) is 0 Å². The molecule has 26 heavy (non-hydrogen) atoms. The van der Waals surface area contributed by atoms with Crippen molar-refractivity contribution in [3.8, 4) is 0 Å². The van der Waals surface area contributed by atoms with Crippen LogP contribution in [0.5, 0.6) is 0 Å². The summed E-state index contributed by atoms with van der Waals surface area (Å²) in [5, 5.41) is 0. The number of rotatable bonds is 14. The minimum Gasteiger partial charge on any atom is -0.463 e. The average molecular weight is 383 g/mol. The second-order valence-corrected chi connectivity index (χ2v) is 9.02. The quantitative estimate of drug-likeness (QED) is 0.323. The fourth-order valence-corrected chi connectivity index (χ4v) is 4.42. The van der Waals surface area contributed by atoms with Crippen molar-refractivity contribution >= 4 is 15.8 Å². The fraction of sp³-hybridized carbons (Fsp3) is 0.667. The van der Waals surface area contributed by atoms with Gasteiger partial charge in [0.15, 0.2) is 9.84 Å². The first-order valence-electron chi connectivity index (χ1n) is 9.90. The van der Waals surface area contributed by atoms with Crippen LogP contribution in [0.4, 0.5) is 0 Å². The van der Waals surface area contributed by atoms with Crippen LogP contribution in [0.3, 0.4) is 0 Å². The number of carbonyl (C=O) groups is 1. The van der Waals surface area contributed by atoms with Gasteiger partial charge in [0.2, 0.25) is 0 Å². The van der Waals surface area contributed by atoms with Crippen molar-refractivity contribution in [3.63, 3.8) is 0 Å². The minimum atomic E-state index is -3.33. The molecule has 148 valence electrons. The van der Waals surface area contributed by atoms with Crippen molar-refractivity contribution in [1.29, 1.82) is 0 Å². The number of unbranched alkanes of at least 4 members (excludes halogenated alkanes) is 7. The van der Waals surface area contributed by atoms with Gasteiger partial charge in [-0.15, -0.1) is 0 Å². The zero-order valence-electron chi connectivity index (χ0n) is 16.3. The third kappa shape index (κ3) is 9.95. The first kappa shape index (κ1) is 22.7. The summed E-state index contributed by atoms with van der Waals surface area (Å²) in [6.07, 6.45) is 10.5. The summed E-state index contributed by atoms with van der Waals surface area (Å²) in [7, 11) is -3.33. The molecule has 0 aliphatic carbocycles. The van der Waals surface area contributed by atoms with E-state index in [1.54, 1.807) is 30.3 Å². The lowest BCUT2D eigenvalue weighted by molar-refractivity contribution is -0.146. The van der Waals surface area contributed by atoms with Gasteiger partial charge < -0.3 is 4.74 Å². The normalized spacial score (nSPS) is 12.7. The molecule has 0 spiro atoms. The van der Waals surface area contributed by atoms with Gasteiger partial charge in [0, 0.05) is 6.92 Å². The maximum absolute atomic E-state index is 12.4. The van der Waals surface area contributed by atoms with Gasteiger partial charge in [0.1, 0.15) is 6.10 Å². The molecule has 0 saturated heterocycles. The minimum absolute atomic E-state index is 0.00593. The second kappa shape index (κ2) is 12.9. The Balaban J connectivity index is 2.36. The maximum atomic E-state index is 12.4. The lowest BCUT2D eigenvalue weighted by atomic mass is 10.0. The molecule has 0 aromatic heterocycles. The largest absolute Gasteiger partial charge is 0.463 e. The van der Waals surface area contributed by atoms with Crippen LogP contribution in [0, 0.1) is 0 Å². The van der Waals surface area contributed by atoms with Gasteiger partial charge in [-0.1, -0.05) is 70.1 Å². The molecule has 1 aromatic rings. The molecule has 4 nitrogen and oxygen atoms in total. The van der Waals surface area contributed by atoms with Gasteiger partial charge in [0.25, 0.3) is 0 Å². The topological polar surface area (TPSA) is 60.4 Å². The third-order valence-corrected chi connectivity index (χ3v) is 6.29. The van der Waals surface area contributed by atoms with Crippen LogP contribution >= 0.6 is 0 Å². The zero-order valence-corrected chi connectivity index (χ0v) is 17.1. The van der Waals surface area contributed by atoms with Crippen LogP contribution in [0.1, 0.15) is 78.1 Å². The summed E-state index contributed by atoms with van der Waals surface area (Å²) in [6.45, 7) is 3.60. The van der Waals surface area contributed by atoms with Gasteiger partial charge in [-0.25, -0.2) is 8.42 Å². The molecule has 0 aliphatic rings. The Labute approximate surface area is 159 Å². The first-order valence-corrected chi connectivity index (χ1v) is 11.6. The lowest BCUT2D eigenvalue weighted by Gasteiger charge is -2.17. The molecule has 0 amide bonds. The summed E-state index contributed by atoms with van der Waals surface area (Å²) in [5.41, 5.74) is 0. The van der Waals surface area contributed by atoms with Crippen LogP contribution in [-0.4, -0.2) is 26.2 Å². The van der Waals surface area contributed by atoms with E-state index < -0.39 is 9.84 Å². The number of carbonyl (C=O) groups excluding carboxylic acids is 1. The van der Waals surface area contributed by atoms with Crippen LogP contribution in [0.2, 0.25) is 0 Å². The van der Waals surface area contributed by atoms with Crippen molar-refractivity contribution < 1.29 is 17.9 Å². The standard InChI is InChI=1S/C21H34O4S/c1-3-4-5-6-7-8-9-11-14-20(25-19(2)22)17-18-26(23,24)21-15-12-10-13-16-21/h10,12-13,15-16,20H,3-9,11,14,17-18H2,1-2H3. The molecule has 0 fully saturated rings. The molecular formula is C21H34O4S. The van der Waals surface area contributed by atoms with Crippen LogP contribution in [-0.2, 0) is 19.4 Å². The fourth-order valence-electron chi connectivity index (χ4n) is 3.04. The smallest absolute Gasteiger partial charge is 0.302 e. The molecule has 5 heteroatoms. The third-order valence-electron chi connectivity index (χ3n) is 4.52. The average Bonchev–Trinajstić information content (AvgIpc) is 2.62. The molecule has 1 unspecified atom stereocenters. The molecule has 0 saturated carbocycles. The molecule has 0 heterocycles. The summed E-state index contributed by atoms with van der Waals surface area (Å²) >= 11 is 0. The van der Waals surface area contributed by atoms with Crippen LogP contribution in [0.15, 0.2) is 35.2 Å². The van der Waals surface area contributed by atoms with Gasteiger partial charge >= 0.3 is 5.97 Å². The molecule has 1 atom stereocenters. The molecule has 0 aliphatic heterocycles. The number of benzene rings is 1. The zero-order chi connectivity index (χ0) is 19.3. The highest BCUT2D eigenvalue weighted by Gasteiger charge is 2.19. The van der Waals surface area contributed by atoms with Crippen molar-refractivity contribution in [2.24, 2.45) is 0 Å². The summed E-state index contributed by atoms with van der Waals surface area (Å²) < 4.78 is 30.1. The number of ether oxygens (including phenoxy) is 1. The Bertz CT molecular complexity index is 596. The van der Waals surface area contributed by atoms with E-state index in [-0.39, 0.29) is 17.8 Å². The Morgan fingerprint density at radius 3 is 2.08 bits per heavy atom. The van der Waals surface area contributed by atoms with Crippen molar-refractivity contribution in [1.82, 2.24) is 0 Å². The Morgan fingerprint density at radius 1 is 0.923 bits per heavy atom. The van der Waals surface area contributed by atoms with E-state index in [1.165, 1.54) is 45.4 Å². The summed E-state index contributed by atoms with van der Waals surface area (Å²) in [6, 6.07) is 8.44. The monoisotopic (exact) mass is 382 g/mol. The Hall–Kier alpha value is -1.36. The summed E-state index contributed by atoms with van der Waals surface area (Å²) in [5.74, 6) is -0.335. The van der Waals surface area contributed by atoms with Crippen molar-refractivity contribution in [2.45, 2.75) is 89.1 Å². The van der Waals surface area contributed by atoms with Crippen LogP contribution < -0.4 is 0 Å². The van der Waals surface area contributed by atoms with E-state index in [2.05, 4.69) is 6.92 Å². The van der Waals surface area contributed by atoms with Gasteiger partial charge in [-0.3, -0.25) is 4.79 Å². The highest BCUT2D eigenvalue weighted by Crippen LogP contribution is 2.17. The summed E-state index contributed by atoms with van der Waals surface area (Å²) in [4.78, 5) is 11.6. The maximum Gasteiger partial charge on any atom is 0.302 e. The van der Waals surface area contributed by atoms with E-state index in [9.17, 15) is 13.2 Å². The molecule has 0 N–H and O–H groups in total. The lowest BCUT2D eigenvalue weighted by Crippen LogP contribution is -2.21. The Kier molecular flexibility index (Phi) is 11.3. The highest BCUT2D eigenvalue weighted by atomic mass is 32.2. The molecular weight excluding hydrogens is 348 g/mol. The van der Waals surface area contributed by atoms with E-state index in [0.29, 0.717) is 11.3 Å². The predicted octanol–water partition coefficient (Wildman–Crippen LogP) is 5.31. The molecule has 0 bridgehead atoms. The predicted molar refractivity (Wildman–Crippen MR) is 106 cm³/mol. The molecule has 0 radical (unpaired) electrons. The molecule has 1 aromatic carbocycles. The van der Waals surface area contributed by atoms with Gasteiger partial charge in [0.05, 0.1) is 10.6 Å². The Morgan fingerprint density at radius 2 is 1.50 bits per heavy atom. The number of esters is 1. The van der Waals surface area contributed by atoms with Crippen molar-refractivity contribution in [3.05, 3.63) is 30.3 Å². The van der Waals surface area contributed by atoms with E-state index in [0.717, 1.165) is 19.3 Å². The van der Waals surface area contributed by atoms with E-state index in [1.807, 2.05) is 0 Å². The molecule has 1 rings (SSSR count). The number of hydrogen-bond acceptors (Lipinski definition) is 4. The van der Waals surface area contributed by atoms with E-state index in [4.69, 9.17) is 4.74 Å². The second-order valence-electron chi connectivity index (χ2n) is 6.92. The van der Waals surface area contributed by atoms with E-state index >= 15 is 0 Å². The van der Waals surface area contributed by atoms with Crippen molar-refractivity contribution in [2.75, 3.05) is 5.75 Å². The number of hydrogen-bond donors (Lipinski definition) is 0. The van der Waals surface area contributed by atoms with Gasteiger partial charge in [-0.2, -0.15) is 0 Å².